The molecule has 0 saturated carbocycles. The van der Waals surface area contributed by atoms with Crippen LogP contribution in [0.1, 0.15) is 45.4 Å². The van der Waals surface area contributed by atoms with Gasteiger partial charge in [0.1, 0.15) is 0 Å². The van der Waals surface area contributed by atoms with Gasteiger partial charge in [0, 0.05) is 0 Å². The molecule has 0 bridgehead atoms. The molecule has 0 aliphatic carbocycles. The Labute approximate surface area is 401 Å². The first-order valence-electron chi connectivity index (χ1n) is 20.3. The van der Waals surface area contributed by atoms with Crippen molar-refractivity contribution in [3.8, 4) is 0 Å². The molecule has 0 heterocycles. The zero-order valence-electron chi connectivity index (χ0n) is 39.0. The molecule has 0 aliphatic heterocycles. The Morgan fingerprint density at radius 3 is 0.838 bits per heavy atom. The van der Waals surface area contributed by atoms with Crippen molar-refractivity contribution in [3.63, 3.8) is 0 Å². The zero-order valence-corrected chi connectivity index (χ0v) is 39.0. The van der Waals surface area contributed by atoms with Crippen LogP contribution in [0.2, 0.25) is 0 Å². The molecule has 376 valence electrons. The summed E-state index contributed by atoms with van der Waals surface area (Å²) in [4.78, 5) is 0. The minimum atomic E-state index is -3.70. The molecule has 1 unspecified atom stereocenters. The molecule has 0 aromatic heterocycles. The van der Waals surface area contributed by atoms with Crippen molar-refractivity contribution < 1.29 is 85.6 Å². The summed E-state index contributed by atoms with van der Waals surface area (Å²) in [7, 11) is 0. The fourth-order valence-corrected chi connectivity index (χ4v) is 7.34. The van der Waals surface area contributed by atoms with Gasteiger partial charge in [-0.3, -0.25) is 0 Å². The third-order valence-electron chi connectivity index (χ3n) is 9.29. The van der Waals surface area contributed by atoms with Gasteiger partial charge in [-0.2, -0.15) is 0 Å². The van der Waals surface area contributed by atoms with Crippen molar-refractivity contribution in [2.75, 3.05) is 0 Å². The lowest BCUT2D eigenvalue weighted by Crippen LogP contribution is -2.91. The summed E-state index contributed by atoms with van der Waals surface area (Å²) < 4.78 is 107. The van der Waals surface area contributed by atoms with Gasteiger partial charge < -0.3 is 85.6 Å². The Morgan fingerprint density at radius 2 is 0.559 bits per heavy atom. The van der Waals surface area contributed by atoms with Gasteiger partial charge in [0.15, 0.2) is 6.10 Å². The lowest BCUT2D eigenvalue weighted by molar-refractivity contribution is -0.594. The van der Waals surface area contributed by atoms with Gasteiger partial charge >= 0.3 is 46.5 Å². The molecule has 0 spiro atoms. The number of unbranched alkanes of at least 4 members (excludes halogenated alkanes) is 4. The highest BCUT2D eigenvalue weighted by Gasteiger charge is 3.01. The second-order valence-corrected chi connectivity index (χ2v) is 12.5. The average molecular weight is 957 g/mol. The maximum atomic E-state index is 12.8. The van der Waals surface area contributed by atoms with Crippen molar-refractivity contribution >= 4 is 0 Å². The van der Waals surface area contributed by atoms with Gasteiger partial charge in [0.05, 0.1) is 106 Å². The molecule has 1 atom stereocenters. The second kappa shape index (κ2) is 28.9. The zero-order chi connectivity index (χ0) is 51.9. The Kier molecular flexibility index (Phi) is 25.6. The molecule has 18 nitrogen and oxygen atoms in total. The quantitative estimate of drug-likeness (QED) is 0.0346. The Bertz CT molecular complexity index is 1670. The van der Waals surface area contributed by atoms with Crippen molar-refractivity contribution in [2.45, 2.75) is 98.0 Å². The molecule has 0 rings (SSSR count). The second-order valence-electron chi connectivity index (χ2n) is 12.5. The van der Waals surface area contributed by atoms with Crippen LogP contribution in [0, 0.1) is 0 Å². The van der Waals surface area contributed by atoms with Crippen molar-refractivity contribution in [2.24, 2.45) is 0 Å². The molecule has 0 saturated heterocycles. The summed E-state index contributed by atoms with van der Waals surface area (Å²) in [6.07, 6.45) is 15.0. The van der Waals surface area contributed by atoms with Crippen LogP contribution in [0.5, 0.6) is 0 Å². The maximum absolute atomic E-state index is 12.8. The van der Waals surface area contributed by atoms with Crippen LogP contribution in [-0.2, 0) is 80.5 Å². The number of hydrogen-bond acceptors (Lipinski definition) is 18. The van der Waals surface area contributed by atoms with Gasteiger partial charge in [-0.25, -0.2) is 0 Å². The van der Waals surface area contributed by atoms with E-state index in [2.05, 4.69) is 119 Å². The highest BCUT2D eigenvalue weighted by Crippen LogP contribution is 2.64. The van der Waals surface area contributed by atoms with Crippen LogP contribution in [0.4, 0.5) is 0 Å². The van der Waals surface area contributed by atoms with Crippen molar-refractivity contribution in [3.05, 3.63) is 218 Å². The minimum Gasteiger partial charge on any atom is -0.490 e. The first kappa shape index (κ1) is 60.1. The predicted molar refractivity (Wildman–Crippen MR) is 253 cm³/mol. The highest BCUT2D eigenvalue weighted by atomic mass is 16.9. The Hall–Kier alpha value is -7.86. The smallest absolute Gasteiger partial charge is 0.460 e. The van der Waals surface area contributed by atoms with Crippen LogP contribution in [0.25, 0.3) is 0 Å². The van der Waals surface area contributed by atoms with E-state index in [0.717, 1.165) is 63.1 Å². The number of hydrogen-bond donors (Lipinski definition) is 1. The van der Waals surface area contributed by atoms with E-state index in [9.17, 15) is 5.11 Å². The van der Waals surface area contributed by atoms with Gasteiger partial charge in [0.25, 0.3) is 0 Å². The Morgan fingerprint density at radius 1 is 0.309 bits per heavy atom. The van der Waals surface area contributed by atoms with Gasteiger partial charge in [-0.15, -0.1) is 0 Å². The number of rotatable bonds is 48. The van der Waals surface area contributed by atoms with Gasteiger partial charge in [-0.05, 0) is 12.8 Å². The average Bonchev–Trinajstić information content (AvgIpc) is 3.30. The molecule has 1 N–H and O–H groups in total. The van der Waals surface area contributed by atoms with Crippen molar-refractivity contribution in [1.29, 1.82) is 0 Å². The number of ether oxygens (including phenoxy) is 17. The fraction of sp³-hybridized carbons (Fsp3) is 0.320. The number of aliphatic hydroxyl groups is 1. The summed E-state index contributed by atoms with van der Waals surface area (Å²) in [6.45, 7) is 65.6. The first-order chi connectivity index (χ1) is 32.7. The summed E-state index contributed by atoms with van der Waals surface area (Å²) >= 11 is 0. The van der Waals surface area contributed by atoms with E-state index in [-0.39, 0.29) is 6.42 Å². The molecule has 0 aromatic carbocycles. The van der Waals surface area contributed by atoms with Crippen LogP contribution in [0.3, 0.4) is 0 Å². The maximum Gasteiger partial charge on any atom is 0.460 e. The molecule has 68 heavy (non-hydrogen) atoms. The van der Waals surface area contributed by atoms with E-state index in [4.69, 9.17) is 80.5 Å². The predicted octanol–water partition coefficient (Wildman–Crippen LogP) is 11.0. The lowest BCUT2D eigenvalue weighted by atomic mass is 9.75. The lowest BCUT2D eigenvalue weighted by Gasteiger charge is -2.62. The molecule has 0 amide bonds. The van der Waals surface area contributed by atoms with Crippen molar-refractivity contribution in [1.82, 2.24) is 0 Å². The highest BCUT2D eigenvalue weighted by molar-refractivity contribution is 5.25. The monoisotopic (exact) mass is 956 g/mol. The van der Waals surface area contributed by atoms with E-state index >= 15 is 0 Å². The molecule has 18 heteroatoms. The standard InChI is InChI=1S/C50H68O18/c1-19-37-38-39-40-41-42(52-20-2)43(53-21-3,54-22-4)44(55-23-5,56-24-6)45(57-25-7,58-26-8)46(59-27-9,60-28-10)47(61-29-11,62-30-12)48(63-31-13,64-32-14)49(65-33-15,66-34-16)50(51,67-35-17)68-36-18/h20-36,42,51H,2-19,37-41H2,1H3. The third-order valence-corrected chi connectivity index (χ3v) is 9.29. The van der Waals surface area contributed by atoms with E-state index in [1.165, 1.54) is 0 Å². The summed E-state index contributed by atoms with van der Waals surface area (Å²) in [5.41, 5.74) is 0. The fourth-order valence-electron chi connectivity index (χ4n) is 7.34. The summed E-state index contributed by atoms with van der Waals surface area (Å²) in [5, 5.41) is 12.8. The Balaban J connectivity index is 11.1. The molecular weight excluding hydrogens is 889 g/mol. The molecule has 0 radical (unpaired) electrons. The summed E-state index contributed by atoms with van der Waals surface area (Å²) in [5.74, 6) is -27.8. The topological polar surface area (TPSA) is 177 Å². The van der Waals surface area contributed by atoms with Gasteiger partial charge in [-0.1, -0.05) is 144 Å². The van der Waals surface area contributed by atoms with Crippen LogP contribution >= 0.6 is 0 Å². The normalized spacial score (nSPS) is 12.1. The van der Waals surface area contributed by atoms with Crippen LogP contribution in [-0.4, -0.2) is 57.7 Å². The van der Waals surface area contributed by atoms with E-state index < -0.39 is 52.6 Å². The van der Waals surface area contributed by atoms with E-state index in [1.54, 1.807) is 0 Å². The van der Waals surface area contributed by atoms with Crippen LogP contribution < -0.4 is 0 Å². The third kappa shape index (κ3) is 10.4. The van der Waals surface area contributed by atoms with E-state index in [0.29, 0.717) is 75.5 Å². The largest absolute Gasteiger partial charge is 0.490 e. The first-order valence-corrected chi connectivity index (χ1v) is 20.3. The summed E-state index contributed by atoms with van der Waals surface area (Å²) in [6, 6.07) is 0. The molecule has 0 fully saturated rings. The molecule has 0 aromatic rings. The molecule has 0 aliphatic rings. The minimum absolute atomic E-state index is 0.00484. The SMILES string of the molecule is C=COC(CCCCCCC)C(OC=C)(OC=C)C(OC=C)(OC=C)C(OC=C)(OC=C)C(OC=C)(OC=C)C(OC=C)(OC=C)C(OC=C)(OC=C)C(OC=C)(OC=C)C(O)(OC=C)OC=C. The van der Waals surface area contributed by atoms with Crippen LogP contribution in [0.15, 0.2) is 218 Å². The molecular formula is C50H68O18. The van der Waals surface area contributed by atoms with Gasteiger partial charge in [0.2, 0.25) is 0 Å². The van der Waals surface area contributed by atoms with E-state index in [1.807, 2.05) is 0 Å².